The van der Waals surface area contributed by atoms with Gasteiger partial charge in [-0.05, 0) is 49.1 Å². The zero-order valence-corrected chi connectivity index (χ0v) is 17.9. The minimum atomic E-state index is -0.234. The van der Waals surface area contributed by atoms with Gasteiger partial charge in [-0.1, -0.05) is 49.7 Å². The summed E-state index contributed by atoms with van der Waals surface area (Å²) in [6.45, 7) is 8.13. The summed E-state index contributed by atoms with van der Waals surface area (Å²) in [5.74, 6) is 0.836. The topological polar surface area (TPSA) is 51.2 Å². The monoisotopic (exact) mass is 414 g/mol. The first-order valence-electron chi connectivity index (χ1n) is 9.10. The predicted molar refractivity (Wildman–Crippen MR) is 117 cm³/mol. The Morgan fingerprint density at radius 3 is 2.71 bits per heavy atom. The number of aromatic nitrogens is 1. The van der Waals surface area contributed by atoms with Crippen LogP contribution in [0.3, 0.4) is 0 Å². The van der Waals surface area contributed by atoms with Gasteiger partial charge in [-0.3, -0.25) is 10.1 Å². The molecule has 0 aliphatic heterocycles. The molecule has 28 heavy (non-hydrogen) atoms. The average Bonchev–Trinajstić information content (AvgIpc) is 3.00. The summed E-state index contributed by atoms with van der Waals surface area (Å²) in [5, 5.41) is 4.04. The first-order chi connectivity index (χ1) is 13.3. The van der Waals surface area contributed by atoms with Crippen LogP contribution in [0, 0.1) is 13.8 Å². The van der Waals surface area contributed by atoms with Gasteiger partial charge in [-0.25, -0.2) is 4.98 Å². The van der Waals surface area contributed by atoms with Crippen molar-refractivity contribution >= 4 is 34.0 Å². The number of benzene rings is 2. The van der Waals surface area contributed by atoms with Crippen LogP contribution in [0.1, 0.15) is 35.8 Å². The van der Waals surface area contributed by atoms with E-state index in [0.29, 0.717) is 16.1 Å². The highest BCUT2D eigenvalue weighted by atomic mass is 35.5. The number of carbonyl (C=O) groups is 1. The van der Waals surface area contributed by atoms with Crippen LogP contribution in [0.5, 0.6) is 5.75 Å². The van der Waals surface area contributed by atoms with Crippen molar-refractivity contribution in [3.05, 3.63) is 63.5 Å². The predicted octanol–water partition coefficient (Wildman–Crippen LogP) is 6.22. The summed E-state index contributed by atoms with van der Waals surface area (Å²) in [6.07, 6.45) is 0. The van der Waals surface area contributed by atoms with Crippen molar-refractivity contribution in [1.29, 1.82) is 0 Å². The number of nitrogens with zero attached hydrogens (tertiary/aromatic N) is 1. The standard InChI is InChI=1S/C22H23ClN2O2S/c1-13(2)18-9-8-14(3)10-19(18)27-12-20(26)24-22-25-21(15(4)28-22)16-6-5-7-17(23)11-16/h5-11,13H,12H2,1-4H3,(H,24,25,26). The Hall–Kier alpha value is -2.37. The summed E-state index contributed by atoms with van der Waals surface area (Å²) in [4.78, 5) is 17.9. The van der Waals surface area contributed by atoms with Crippen LogP contribution < -0.4 is 10.1 Å². The Bertz CT molecular complexity index is 998. The molecule has 0 fully saturated rings. The van der Waals surface area contributed by atoms with E-state index >= 15 is 0 Å². The van der Waals surface area contributed by atoms with Crippen LogP contribution in [0.15, 0.2) is 42.5 Å². The van der Waals surface area contributed by atoms with Gasteiger partial charge >= 0.3 is 0 Å². The summed E-state index contributed by atoms with van der Waals surface area (Å²) in [7, 11) is 0. The van der Waals surface area contributed by atoms with E-state index in [2.05, 4.69) is 36.3 Å². The smallest absolute Gasteiger partial charge is 0.264 e. The second kappa shape index (κ2) is 8.76. The lowest BCUT2D eigenvalue weighted by Gasteiger charge is -2.14. The van der Waals surface area contributed by atoms with Crippen molar-refractivity contribution in [3.8, 4) is 17.0 Å². The molecular weight excluding hydrogens is 392 g/mol. The van der Waals surface area contributed by atoms with E-state index in [9.17, 15) is 4.79 Å². The molecule has 2 aromatic carbocycles. The Labute approximate surface area is 174 Å². The van der Waals surface area contributed by atoms with Crippen LogP contribution in [-0.2, 0) is 4.79 Å². The van der Waals surface area contributed by atoms with Crippen LogP contribution in [-0.4, -0.2) is 17.5 Å². The fourth-order valence-electron chi connectivity index (χ4n) is 2.90. The number of rotatable bonds is 6. The number of carbonyl (C=O) groups excluding carboxylic acids is 1. The highest BCUT2D eigenvalue weighted by Crippen LogP contribution is 2.32. The highest BCUT2D eigenvalue weighted by molar-refractivity contribution is 7.16. The maximum absolute atomic E-state index is 12.4. The molecule has 1 heterocycles. The number of thiazole rings is 1. The van der Waals surface area contributed by atoms with Gasteiger partial charge in [0.25, 0.3) is 5.91 Å². The van der Waals surface area contributed by atoms with Crippen molar-refractivity contribution in [1.82, 2.24) is 4.98 Å². The second-order valence-electron chi connectivity index (χ2n) is 6.97. The maximum Gasteiger partial charge on any atom is 0.264 e. The first kappa shape index (κ1) is 20.4. The average molecular weight is 415 g/mol. The lowest BCUT2D eigenvalue weighted by molar-refractivity contribution is -0.118. The van der Waals surface area contributed by atoms with Crippen molar-refractivity contribution in [3.63, 3.8) is 0 Å². The third-order valence-corrected chi connectivity index (χ3v) is 5.41. The van der Waals surface area contributed by atoms with E-state index in [1.807, 2.05) is 44.2 Å². The third-order valence-electron chi connectivity index (χ3n) is 4.29. The van der Waals surface area contributed by atoms with E-state index in [-0.39, 0.29) is 12.5 Å². The molecule has 1 N–H and O–H groups in total. The summed E-state index contributed by atoms with van der Waals surface area (Å²) < 4.78 is 5.80. The zero-order valence-electron chi connectivity index (χ0n) is 16.4. The molecule has 0 aliphatic carbocycles. The van der Waals surface area contributed by atoms with E-state index in [1.165, 1.54) is 11.3 Å². The summed E-state index contributed by atoms with van der Waals surface area (Å²) >= 11 is 7.51. The first-order valence-corrected chi connectivity index (χ1v) is 10.3. The summed E-state index contributed by atoms with van der Waals surface area (Å²) in [5.41, 5.74) is 3.94. The molecule has 146 valence electrons. The minimum absolute atomic E-state index is 0.0612. The maximum atomic E-state index is 12.4. The van der Waals surface area contributed by atoms with Gasteiger partial charge in [0.2, 0.25) is 0 Å². The zero-order chi connectivity index (χ0) is 20.3. The number of hydrogen-bond acceptors (Lipinski definition) is 4. The molecule has 1 aromatic heterocycles. The molecule has 0 atom stereocenters. The molecule has 4 nitrogen and oxygen atoms in total. The normalized spacial score (nSPS) is 10.9. The number of anilines is 1. The molecule has 0 bridgehead atoms. The lowest BCUT2D eigenvalue weighted by atomic mass is 10.0. The minimum Gasteiger partial charge on any atom is -0.483 e. The molecule has 0 spiro atoms. The molecule has 3 rings (SSSR count). The van der Waals surface area contributed by atoms with Gasteiger partial charge in [0, 0.05) is 15.5 Å². The van der Waals surface area contributed by atoms with Gasteiger partial charge in [0.05, 0.1) is 5.69 Å². The number of amides is 1. The van der Waals surface area contributed by atoms with Crippen molar-refractivity contribution in [2.75, 3.05) is 11.9 Å². The van der Waals surface area contributed by atoms with Gasteiger partial charge < -0.3 is 4.74 Å². The number of aryl methyl sites for hydroxylation is 2. The molecule has 0 aliphatic rings. The molecule has 0 saturated carbocycles. The van der Waals surface area contributed by atoms with Gasteiger partial charge in [-0.2, -0.15) is 0 Å². The van der Waals surface area contributed by atoms with Gasteiger partial charge in [0.15, 0.2) is 11.7 Å². The number of nitrogens with one attached hydrogen (secondary N) is 1. The van der Waals surface area contributed by atoms with Crippen molar-refractivity contribution in [2.45, 2.75) is 33.6 Å². The molecule has 3 aromatic rings. The highest BCUT2D eigenvalue weighted by Gasteiger charge is 2.14. The second-order valence-corrected chi connectivity index (χ2v) is 8.61. The van der Waals surface area contributed by atoms with Crippen LogP contribution in [0.25, 0.3) is 11.3 Å². The quantitative estimate of drug-likeness (QED) is 0.520. The van der Waals surface area contributed by atoms with Crippen molar-refractivity contribution in [2.24, 2.45) is 0 Å². The van der Waals surface area contributed by atoms with Crippen molar-refractivity contribution < 1.29 is 9.53 Å². The SMILES string of the molecule is Cc1ccc(C(C)C)c(OCC(=O)Nc2nc(-c3cccc(Cl)c3)c(C)s2)c1. The Morgan fingerprint density at radius 2 is 2.00 bits per heavy atom. The number of hydrogen-bond donors (Lipinski definition) is 1. The molecule has 0 radical (unpaired) electrons. The molecule has 0 unspecified atom stereocenters. The molecular formula is C22H23ClN2O2S. The number of ether oxygens (including phenoxy) is 1. The molecule has 0 saturated heterocycles. The van der Waals surface area contributed by atoms with E-state index in [1.54, 1.807) is 0 Å². The lowest BCUT2D eigenvalue weighted by Crippen LogP contribution is -2.20. The van der Waals surface area contributed by atoms with Gasteiger partial charge in [0.1, 0.15) is 5.75 Å². The molecule has 1 amide bonds. The fraction of sp³-hybridized carbons (Fsp3) is 0.273. The fourth-order valence-corrected chi connectivity index (χ4v) is 3.94. The third kappa shape index (κ3) is 4.91. The summed E-state index contributed by atoms with van der Waals surface area (Å²) in [6, 6.07) is 13.6. The molecule has 6 heteroatoms. The van der Waals surface area contributed by atoms with E-state index in [4.69, 9.17) is 16.3 Å². The largest absolute Gasteiger partial charge is 0.483 e. The Balaban J connectivity index is 1.68. The van der Waals surface area contributed by atoms with Crippen LogP contribution in [0.4, 0.5) is 5.13 Å². The van der Waals surface area contributed by atoms with E-state index < -0.39 is 0 Å². The van der Waals surface area contributed by atoms with E-state index in [0.717, 1.165) is 33.0 Å². The Morgan fingerprint density at radius 1 is 1.21 bits per heavy atom. The van der Waals surface area contributed by atoms with Gasteiger partial charge in [-0.15, -0.1) is 11.3 Å². The van der Waals surface area contributed by atoms with Crippen LogP contribution >= 0.6 is 22.9 Å². The number of halogens is 1. The Kier molecular flexibility index (Phi) is 6.37. The van der Waals surface area contributed by atoms with Crippen LogP contribution in [0.2, 0.25) is 5.02 Å².